The zero-order valence-corrected chi connectivity index (χ0v) is 30.0. The molecule has 2 aliphatic carbocycles. The third-order valence-electron chi connectivity index (χ3n) is 9.40. The van der Waals surface area contributed by atoms with E-state index >= 15 is 0 Å². The van der Waals surface area contributed by atoms with Crippen LogP contribution in [0.5, 0.6) is 0 Å². The Hall–Kier alpha value is -2.13. The first-order valence-corrected chi connectivity index (χ1v) is 16.8. The molecular formula is C39H60O7. The number of aliphatic hydroxyl groups is 2. The highest BCUT2D eigenvalue weighted by Crippen LogP contribution is 2.44. The molecule has 0 saturated heterocycles. The van der Waals surface area contributed by atoms with Gasteiger partial charge in [0.25, 0.3) is 0 Å². The zero-order valence-electron chi connectivity index (χ0n) is 30.0. The number of allylic oxidation sites excluding steroid dienone is 3. The van der Waals surface area contributed by atoms with Crippen LogP contribution in [0.25, 0.3) is 0 Å². The van der Waals surface area contributed by atoms with E-state index in [9.17, 15) is 15.0 Å². The summed E-state index contributed by atoms with van der Waals surface area (Å²) in [4.78, 5) is 13.2. The van der Waals surface area contributed by atoms with Crippen LogP contribution in [-0.2, 0) is 23.7 Å². The molecule has 3 rings (SSSR count). The van der Waals surface area contributed by atoms with Crippen LogP contribution in [0.2, 0.25) is 0 Å². The SMILES string of the molecule is COCC1C=C(C2=CC(CO)C(OCCOC(C)c3ccc(C(CC(C)(C)C)C(C)(C)C)cc3)C(CO)=C2)CC(C)(COC)C1=O. The van der Waals surface area contributed by atoms with Gasteiger partial charge in [0.15, 0.2) is 5.78 Å². The van der Waals surface area contributed by atoms with E-state index in [2.05, 4.69) is 65.8 Å². The summed E-state index contributed by atoms with van der Waals surface area (Å²) in [5.41, 5.74) is 4.77. The van der Waals surface area contributed by atoms with Crippen LogP contribution in [0.3, 0.4) is 0 Å². The lowest BCUT2D eigenvalue weighted by molar-refractivity contribution is -0.135. The Balaban J connectivity index is 1.65. The molecule has 0 radical (unpaired) electrons. The summed E-state index contributed by atoms with van der Waals surface area (Å²) in [6, 6.07) is 8.84. The van der Waals surface area contributed by atoms with Crippen LogP contribution in [0.4, 0.5) is 0 Å². The Labute approximate surface area is 278 Å². The van der Waals surface area contributed by atoms with Crippen LogP contribution in [-0.4, -0.2) is 76.0 Å². The van der Waals surface area contributed by atoms with Gasteiger partial charge in [0.1, 0.15) is 0 Å². The number of hydrogen-bond donors (Lipinski definition) is 2. The normalized spacial score (nSPS) is 25.5. The molecule has 0 bridgehead atoms. The molecule has 1 aromatic carbocycles. The zero-order chi connectivity index (χ0) is 34.3. The monoisotopic (exact) mass is 640 g/mol. The smallest absolute Gasteiger partial charge is 0.150 e. The number of rotatable bonds is 15. The number of ketones is 1. The second-order valence-electron chi connectivity index (χ2n) is 15.8. The summed E-state index contributed by atoms with van der Waals surface area (Å²) in [6.07, 6.45) is 6.95. The van der Waals surface area contributed by atoms with Gasteiger partial charge in [-0.3, -0.25) is 4.79 Å². The number of carbonyl (C=O) groups is 1. The molecule has 6 atom stereocenters. The van der Waals surface area contributed by atoms with Crippen molar-refractivity contribution in [2.75, 3.05) is 53.9 Å². The Kier molecular flexibility index (Phi) is 13.6. The molecule has 0 aliphatic heterocycles. The molecule has 0 fully saturated rings. The molecule has 1 aromatic rings. The van der Waals surface area contributed by atoms with E-state index < -0.39 is 11.5 Å². The molecule has 2 N–H and O–H groups in total. The minimum Gasteiger partial charge on any atom is -0.396 e. The van der Waals surface area contributed by atoms with Gasteiger partial charge in [-0.2, -0.15) is 0 Å². The maximum Gasteiger partial charge on any atom is 0.150 e. The van der Waals surface area contributed by atoms with Crippen molar-refractivity contribution in [3.8, 4) is 0 Å². The maximum absolute atomic E-state index is 13.2. The van der Waals surface area contributed by atoms with Crippen molar-refractivity contribution in [2.24, 2.45) is 28.1 Å². The van der Waals surface area contributed by atoms with Crippen molar-refractivity contribution in [3.05, 3.63) is 70.3 Å². The lowest BCUT2D eigenvalue weighted by Gasteiger charge is -2.37. The van der Waals surface area contributed by atoms with Crippen molar-refractivity contribution in [3.63, 3.8) is 0 Å². The summed E-state index contributed by atoms with van der Waals surface area (Å²) in [5.74, 6) is -0.171. The molecule has 7 nitrogen and oxygen atoms in total. The van der Waals surface area contributed by atoms with E-state index in [0.717, 1.165) is 23.1 Å². The van der Waals surface area contributed by atoms with Crippen molar-refractivity contribution >= 4 is 5.78 Å². The fourth-order valence-electron chi connectivity index (χ4n) is 6.94. The van der Waals surface area contributed by atoms with E-state index in [1.54, 1.807) is 14.2 Å². The predicted molar refractivity (Wildman–Crippen MR) is 184 cm³/mol. The number of Topliss-reactive ketones (excluding diaryl/α,β-unsaturated/α-hetero) is 1. The number of methoxy groups -OCH3 is 2. The molecule has 258 valence electrons. The average molecular weight is 641 g/mol. The Morgan fingerprint density at radius 2 is 1.61 bits per heavy atom. The lowest BCUT2D eigenvalue weighted by atomic mass is 9.68. The average Bonchev–Trinajstić information content (AvgIpc) is 2.99. The first-order chi connectivity index (χ1) is 21.6. The van der Waals surface area contributed by atoms with Crippen LogP contribution < -0.4 is 0 Å². The highest BCUT2D eigenvalue weighted by Gasteiger charge is 2.42. The van der Waals surface area contributed by atoms with Crippen molar-refractivity contribution in [1.82, 2.24) is 0 Å². The van der Waals surface area contributed by atoms with E-state index in [-0.39, 0.29) is 54.4 Å². The lowest BCUT2D eigenvalue weighted by Crippen LogP contribution is -2.42. The van der Waals surface area contributed by atoms with E-state index in [1.807, 2.05) is 32.1 Å². The van der Waals surface area contributed by atoms with Gasteiger partial charge >= 0.3 is 0 Å². The Morgan fingerprint density at radius 3 is 2.15 bits per heavy atom. The second kappa shape index (κ2) is 16.3. The predicted octanol–water partition coefficient (Wildman–Crippen LogP) is 7.00. The molecule has 46 heavy (non-hydrogen) atoms. The quantitative estimate of drug-likeness (QED) is 0.200. The van der Waals surface area contributed by atoms with Gasteiger partial charge in [0, 0.05) is 20.1 Å². The minimum atomic E-state index is -0.687. The topological polar surface area (TPSA) is 94.5 Å². The first-order valence-electron chi connectivity index (χ1n) is 16.8. The number of carbonyl (C=O) groups excluding carboxylic acids is 1. The molecule has 0 aromatic heterocycles. The van der Waals surface area contributed by atoms with E-state index in [4.69, 9.17) is 18.9 Å². The summed E-state index contributed by atoms with van der Waals surface area (Å²) < 4.78 is 23.2. The van der Waals surface area contributed by atoms with Gasteiger partial charge in [-0.05, 0) is 64.4 Å². The molecule has 0 saturated carbocycles. The molecule has 7 heteroatoms. The summed E-state index contributed by atoms with van der Waals surface area (Å²) in [6.45, 7) is 18.8. The summed E-state index contributed by atoms with van der Waals surface area (Å²) in [7, 11) is 3.19. The van der Waals surface area contributed by atoms with Crippen LogP contribution in [0.1, 0.15) is 91.4 Å². The largest absolute Gasteiger partial charge is 0.396 e. The van der Waals surface area contributed by atoms with Crippen LogP contribution in [0.15, 0.2) is 59.2 Å². The molecule has 0 amide bonds. The Bertz CT molecular complexity index is 1230. The first kappa shape index (κ1) is 38.3. The van der Waals surface area contributed by atoms with E-state index in [1.165, 1.54) is 5.56 Å². The van der Waals surface area contributed by atoms with Crippen molar-refractivity contribution < 1.29 is 34.0 Å². The highest BCUT2D eigenvalue weighted by molar-refractivity contribution is 5.90. The third-order valence-corrected chi connectivity index (χ3v) is 9.40. The van der Waals surface area contributed by atoms with Gasteiger partial charge in [0.05, 0.1) is 63.2 Å². The number of benzene rings is 1. The van der Waals surface area contributed by atoms with E-state index in [0.29, 0.717) is 37.7 Å². The molecule has 0 heterocycles. The molecular weight excluding hydrogens is 580 g/mol. The van der Waals surface area contributed by atoms with Gasteiger partial charge < -0.3 is 29.2 Å². The van der Waals surface area contributed by atoms with Crippen molar-refractivity contribution in [1.29, 1.82) is 0 Å². The molecule has 2 aliphatic rings. The number of hydrogen-bond acceptors (Lipinski definition) is 7. The van der Waals surface area contributed by atoms with Crippen LogP contribution in [0, 0.1) is 28.1 Å². The minimum absolute atomic E-state index is 0.0995. The fourth-order valence-corrected chi connectivity index (χ4v) is 6.94. The van der Waals surface area contributed by atoms with Gasteiger partial charge in [-0.1, -0.05) is 91.0 Å². The molecule has 6 unspecified atom stereocenters. The van der Waals surface area contributed by atoms with Crippen molar-refractivity contribution in [2.45, 2.75) is 86.4 Å². The van der Waals surface area contributed by atoms with Gasteiger partial charge in [0.2, 0.25) is 0 Å². The fraction of sp³-hybridized carbons (Fsp3) is 0.667. The van der Waals surface area contributed by atoms with Gasteiger partial charge in [-0.25, -0.2) is 0 Å². The third kappa shape index (κ3) is 9.94. The standard InChI is InChI=1S/C39H60O7/c1-26(27-11-13-28(14-12-27)34(38(5,6)7)21-37(2,3)4)45-15-16-46-35-31(22-40)17-29(18-32(35)23-41)30-19-33(24-43-9)36(42)39(8,20-30)25-44-10/h11-14,17-19,26,31,33-35,40-41H,15-16,20-25H2,1-10H3. The maximum atomic E-state index is 13.2. The van der Waals surface area contributed by atoms with Gasteiger partial charge in [-0.15, -0.1) is 0 Å². The Morgan fingerprint density at radius 1 is 0.957 bits per heavy atom. The molecule has 0 spiro atoms. The number of ether oxygens (including phenoxy) is 4. The van der Waals surface area contributed by atoms with Crippen LogP contribution >= 0.6 is 0 Å². The second-order valence-corrected chi connectivity index (χ2v) is 15.8. The summed E-state index contributed by atoms with van der Waals surface area (Å²) in [5, 5.41) is 20.7. The summed E-state index contributed by atoms with van der Waals surface area (Å²) >= 11 is 0. The number of aliphatic hydroxyl groups excluding tert-OH is 2. The highest BCUT2D eigenvalue weighted by atomic mass is 16.5.